The van der Waals surface area contributed by atoms with Gasteiger partial charge < -0.3 is 10.4 Å². The van der Waals surface area contributed by atoms with Crippen molar-refractivity contribution in [1.29, 1.82) is 0 Å². The SMILES string of the molecule is O=C(O)c1ccc(F)c(CNCc2ccncc2)c1. The molecule has 0 fully saturated rings. The topological polar surface area (TPSA) is 62.2 Å². The first-order chi connectivity index (χ1) is 9.16. The molecule has 0 unspecified atom stereocenters. The van der Waals surface area contributed by atoms with E-state index in [1.54, 1.807) is 12.4 Å². The molecule has 0 bridgehead atoms. The first-order valence-corrected chi connectivity index (χ1v) is 5.78. The number of pyridine rings is 1. The average Bonchev–Trinajstić information content (AvgIpc) is 2.42. The zero-order chi connectivity index (χ0) is 13.7. The highest BCUT2D eigenvalue weighted by atomic mass is 19.1. The highest BCUT2D eigenvalue weighted by Gasteiger charge is 2.07. The molecule has 0 aliphatic carbocycles. The van der Waals surface area contributed by atoms with E-state index in [2.05, 4.69) is 10.3 Å². The van der Waals surface area contributed by atoms with Crippen molar-refractivity contribution in [3.8, 4) is 0 Å². The minimum Gasteiger partial charge on any atom is -0.478 e. The van der Waals surface area contributed by atoms with E-state index in [-0.39, 0.29) is 12.1 Å². The minimum atomic E-state index is -1.06. The van der Waals surface area contributed by atoms with E-state index in [9.17, 15) is 9.18 Å². The number of carboxylic acid groups (broad SMARTS) is 1. The highest BCUT2D eigenvalue weighted by molar-refractivity contribution is 5.87. The molecule has 1 aromatic heterocycles. The number of aromatic carboxylic acids is 1. The normalized spacial score (nSPS) is 10.4. The maximum atomic E-state index is 13.5. The fourth-order valence-corrected chi connectivity index (χ4v) is 1.69. The molecule has 0 amide bonds. The number of carboxylic acids is 1. The summed E-state index contributed by atoms with van der Waals surface area (Å²) in [5.74, 6) is -1.47. The van der Waals surface area contributed by atoms with Crippen LogP contribution in [0.3, 0.4) is 0 Å². The summed E-state index contributed by atoms with van der Waals surface area (Å²) in [6.45, 7) is 0.842. The fourth-order valence-electron chi connectivity index (χ4n) is 1.69. The molecule has 0 spiro atoms. The largest absolute Gasteiger partial charge is 0.478 e. The lowest BCUT2D eigenvalue weighted by atomic mass is 10.1. The van der Waals surface area contributed by atoms with Crippen LogP contribution in [0.25, 0.3) is 0 Å². The van der Waals surface area contributed by atoms with Gasteiger partial charge in [0, 0.05) is 31.0 Å². The van der Waals surface area contributed by atoms with E-state index in [4.69, 9.17) is 5.11 Å². The van der Waals surface area contributed by atoms with Gasteiger partial charge in [0.2, 0.25) is 0 Å². The molecule has 1 aromatic carbocycles. The molecule has 0 radical (unpaired) electrons. The minimum absolute atomic E-state index is 0.0853. The number of nitrogens with zero attached hydrogens (tertiary/aromatic N) is 1. The molecule has 1 heterocycles. The van der Waals surface area contributed by atoms with Gasteiger partial charge in [-0.25, -0.2) is 9.18 Å². The standard InChI is InChI=1S/C14H13FN2O2/c15-13-2-1-11(14(18)19)7-12(13)9-17-8-10-3-5-16-6-4-10/h1-7,17H,8-9H2,(H,18,19). The zero-order valence-electron chi connectivity index (χ0n) is 10.1. The van der Waals surface area contributed by atoms with E-state index in [1.807, 2.05) is 12.1 Å². The van der Waals surface area contributed by atoms with Crippen LogP contribution in [0, 0.1) is 5.82 Å². The molecular weight excluding hydrogens is 247 g/mol. The summed E-state index contributed by atoms with van der Waals surface area (Å²) in [5.41, 5.74) is 1.46. The Morgan fingerprint density at radius 1 is 1.21 bits per heavy atom. The molecule has 0 saturated carbocycles. The van der Waals surface area contributed by atoms with Gasteiger partial charge >= 0.3 is 5.97 Å². The quantitative estimate of drug-likeness (QED) is 0.865. The third kappa shape index (κ3) is 3.59. The first-order valence-electron chi connectivity index (χ1n) is 5.78. The van der Waals surface area contributed by atoms with Gasteiger partial charge in [0.05, 0.1) is 5.56 Å². The Morgan fingerprint density at radius 3 is 2.63 bits per heavy atom. The van der Waals surface area contributed by atoms with Gasteiger partial charge in [-0.2, -0.15) is 0 Å². The summed E-state index contributed by atoms with van der Waals surface area (Å²) in [7, 11) is 0. The van der Waals surface area contributed by atoms with Crippen LogP contribution in [-0.2, 0) is 13.1 Å². The van der Waals surface area contributed by atoms with E-state index in [0.717, 1.165) is 5.56 Å². The second-order valence-corrected chi connectivity index (χ2v) is 4.07. The number of aromatic nitrogens is 1. The number of hydrogen-bond donors (Lipinski definition) is 2. The first kappa shape index (κ1) is 13.2. The number of carbonyl (C=O) groups is 1. The van der Waals surface area contributed by atoms with Gasteiger partial charge in [-0.1, -0.05) is 0 Å². The fraction of sp³-hybridized carbons (Fsp3) is 0.143. The molecule has 19 heavy (non-hydrogen) atoms. The Kier molecular flexibility index (Phi) is 4.20. The number of benzene rings is 1. The third-order valence-corrected chi connectivity index (χ3v) is 2.69. The van der Waals surface area contributed by atoms with E-state index in [1.165, 1.54) is 18.2 Å². The van der Waals surface area contributed by atoms with Gasteiger partial charge in [-0.15, -0.1) is 0 Å². The summed E-state index contributed by atoms with van der Waals surface area (Å²) in [6.07, 6.45) is 3.37. The monoisotopic (exact) mass is 260 g/mol. The Labute approximate surface area is 109 Å². The Balaban J connectivity index is 1.99. The van der Waals surface area contributed by atoms with Gasteiger partial charge in [-0.05, 0) is 35.9 Å². The maximum absolute atomic E-state index is 13.5. The number of hydrogen-bond acceptors (Lipinski definition) is 3. The van der Waals surface area contributed by atoms with Crippen molar-refractivity contribution in [3.05, 3.63) is 65.2 Å². The summed E-state index contributed by atoms with van der Waals surface area (Å²) in [5, 5.41) is 11.9. The lowest BCUT2D eigenvalue weighted by Crippen LogP contribution is -2.14. The van der Waals surface area contributed by atoms with Crippen molar-refractivity contribution in [2.45, 2.75) is 13.1 Å². The van der Waals surface area contributed by atoms with Crippen LogP contribution in [0.2, 0.25) is 0 Å². The third-order valence-electron chi connectivity index (χ3n) is 2.69. The Morgan fingerprint density at radius 2 is 1.95 bits per heavy atom. The molecule has 0 aliphatic heterocycles. The van der Waals surface area contributed by atoms with Crippen LogP contribution >= 0.6 is 0 Å². The van der Waals surface area contributed by atoms with Crippen molar-refractivity contribution in [1.82, 2.24) is 10.3 Å². The molecule has 0 saturated heterocycles. The summed E-state index contributed by atoms with van der Waals surface area (Å²) in [6, 6.07) is 7.49. The average molecular weight is 260 g/mol. The second kappa shape index (κ2) is 6.06. The predicted molar refractivity (Wildman–Crippen MR) is 68.1 cm³/mol. The van der Waals surface area contributed by atoms with E-state index >= 15 is 0 Å². The van der Waals surface area contributed by atoms with Gasteiger partial charge in [0.1, 0.15) is 5.82 Å². The van der Waals surface area contributed by atoms with Crippen LogP contribution in [0.4, 0.5) is 4.39 Å². The highest BCUT2D eigenvalue weighted by Crippen LogP contribution is 2.11. The van der Waals surface area contributed by atoms with E-state index in [0.29, 0.717) is 12.1 Å². The van der Waals surface area contributed by atoms with Crippen molar-refractivity contribution in [2.75, 3.05) is 0 Å². The second-order valence-electron chi connectivity index (χ2n) is 4.07. The van der Waals surface area contributed by atoms with Crippen LogP contribution < -0.4 is 5.32 Å². The van der Waals surface area contributed by atoms with Gasteiger partial charge in [0.25, 0.3) is 0 Å². The molecule has 2 N–H and O–H groups in total. The molecule has 5 heteroatoms. The number of nitrogens with one attached hydrogen (secondary N) is 1. The molecule has 2 rings (SSSR count). The molecule has 4 nitrogen and oxygen atoms in total. The molecule has 0 aliphatic rings. The molecule has 0 atom stereocenters. The smallest absolute Gasteiger partial charge is 0.335 e. The summed E-state index contributed by atoms with van der Waals surface area (Å²) in [4.78, 5) is 14.7. The van der Waals surface area contributed by atoms with Crippen LogP contribution in [-0.4, -0.2) is 16.1 Å². The predicted octanol–water partition coefficient (Wildman–Crippen LogP) is 2.21. The summed E-state index contributed by atoms with van der Waals surface area (Å²) >= 11 is 0. The summed E-state index contributed by atoms with van der Waals surface area (Å²) < 4.78 is 13.5. The zero-order valence-corrected chi connectivity index (χ0v) is 10.1. The Bertz CT molecular complexity index is 573. The van der Waals surface area contributed by atoms with Crippen molar-refractivity contribution < 1.29 is 14.3 Å². The van der Waals surface area contributed by atoms with Crippen LogP contribution in [0.1, 0.15) is 21.5 Å². The molecular formula is C14H13FN2O2. The van der Waals surface area contributed by atoms with E-state index < -0.39 is 11.8 Å². The van der Waals surface area contributed by atoms with Crippen molar-refractivity contribution >= 4 is 5.97 Å². The number of rotatable bonds is 5. The van der Waals surface area contributed by atoms with Crippen LogP contribution in [0.5, 0.6) is 0 Å². The van der Waals surface area contributed by atoms with Crippen molar-refractivity contribution in [2.24, 2.45) is 0 Å². The Hall–Kier alpha value is -2.27. The lowest BCUT2D eigenvalue weighted by Gasteiger charge is -2.07. The number of halogens is 1. The van der Waals surface area contributed by atoms with Crippen LogP contribution in [0.15, 0.2) is 42.7 Å². The maximum Gasteiger partial charge on any atom is 0.335 e. The molecule has 98 valence electrons. The van der Waals surface area contributed by atoms with Gasteiger partial charge in [-0.3, -0.25) is 4.98 Å². The molecule has 2 aromatic rings. The van der Waals surface area contributed by atoms with Gasteiger partial charge in [0.15, 0.2) is 0 Å². The van der Waals surface area contributed by atoms with Crippen molar-refractivity contribution in [3.63, 3.8) is 0 Å². The lowest BCUT2D eigenvalue weighted by molar-refractivity contribution is 0.0696.